The third-order valence-corrected chi connectivity index (χ3v) is 6.83. The van der Waals surface area contributed by atoms with Crippen LogP contribution in [0.4, 0.5) is 0 Å². The number of furan rings is 1. The summed E-state index contributed by atoms with van der Waals surface area (Å²) in [6.07, 6.45) is 3.21. The number of ether oxygens (including phenoxy) is 2. The van der Waals surface area contributed by atoms with E-state index in [4.69, 9.17) is 13.9 Å². The van der Waals surface area contributed by atoms with Crippen LogP contribution in [-0.4, -0.2) is 24.2 Å². The second-order valence-electron chi connectivity index (χ2n) is 8.89. The Morgan fingerprint density at radius 3 is 2.03 bits per heavy atom. The molecule has 0 spiro atoms. The number of carbonyl (C=O) groups is 2. The Balaban J connectivity index is 1.77. The lowest BCUT2D eigenvalue weighted by Gasteiger charge is -2.46. The van der Waals surface area contributed by atoms with Gasteiger partial charge in [-0.3, -0.25) is 9.59 Å². The number of hydrogen-bond acceptors (Lipinski definition) is 6. The van der Waals surface area contributed by atoms with Crippen molar-refractivity contribution in [3.63, 3.8) is 0 Å². The van der Waals surface area contributed by atoms with E-state index in [0.717, 1.165) is 5.56 Å². The van der Waals surface area contributed by atoms with Gasteiger partial charge < -0.3 is 19.0 Å². The predicted octanol–water partition coefficient (Wildman–Crippen LogP) is 5.36. The molecule has 6 heteroatoms. The molecule has 1 heterocycles. The van der Waals surface area contributed by atoms with Crippen LogP contribution < -0.4 is 4.74 Å². The molecule has 6 nitrogen and oxygen atoms in total. The fraction of sp³-hybridized carbons (Fsp3) is 0.161. The van der Waals surface area contributed by atoms with E-state index in [-0.39, 0.29) is 0 Å². The summed E-state index contributed by atoms with van der Waals surface area (Å²) in [5.41, 5.74) is -0.178. The van der Waals surface area contributed by atoms with E-state index < -0.39 is 35.3 Å². The number of benzene rings is 3. The zero-order valence-electron chi connectivity index (χ0n) is 20.2. The number of esters is 2. The van der Waals surface area contributed by atoms with Crippen molar-refractivity contribution in [2.75, 3.05) is 7.11 Å². The van der Waals surface area contributed by atoms with Crippen molar-refractivity contribution >= 4 is 17.5 Å². The molecule has 0 saturated carbocycles. The van der Waals surface area contributed by atoms with Crippen molar-refractivity contribution in [1.29, 1.82) is 0 Å². The molecule has 1 aliphatic rings. The SMILES string of the molecule is COC(=O)[C@H]1[C@H](c2ccco2)C(c2ccccc2)=C[C@H](C(=O)Oc2ccccc2)[C@]1(O)c1ccccc1. The Morgan fingerprint density at radius 1 is 0.811 bits per heavy atom. The summed E-state index contributed by atoms with van der Waals surface area (Å²) in [6, 6.07) is 30.2. The predicted molar refractivity (Wildman–Crippen MR) is 137 cm³/mol. The average Bonchev–Trinajstić information content (AvgIpc) is 3.48. The Morgan fingerprint density at radius 2 is 1.43 bits per heavy atom. The second kappa shape index (κ2) is 10.3. The van der Waals surface area contributed by atoms with Gasteiger partial charge in [-0.05, 0) is 41.0 Å². The second-order valence-corrected chi connectivity index (χ2v) is 8.89. The fourth-order valence-electron chi connectivity index (χ4n) is 5.15. The van der Waals surface area contributed by atoms with Crippen LogP contribution in [-0.2, 0) is 19.9 Å². The van der Waals surface area contributed by atoms with Crippen LogP contribution in [0.1, 0.15) is 22.8 Å². The van der Waals surface area contributed by atoms with E-state index >= 15 is 0 Å². The van der Waals surface area contributed by atoms with Crippen molar-refractivity contribution in [3.8, 4) is 5.75 Å². The van der Waals surface area contributed by atoms with E-state index in [9.17, 15) is 14.7 Å². The molecule has 186 valence electrons. The first-order chi connectivity index (χ1) is 18.0. The molecule has 4 atom stereocenters. The van der Waals surface area contributed by atoms with Gasteiger partial charge in [0.15, 0.2) is 0 Å². The van der Waals surface area contributed by atoms with Crippen LogP contribution in [0.2, 0.25) is 0 Å². The molecule has 3 aromatic carbocycles. The molecule has 0 saturated heterocycles. The number of carbonyl (C=O) groups excluding carboxylic acids is 2. The summed E-state index contributed by atoms with van der Waals surface area (Å²) in [6.45, 7) is 0. The Hall–Kier alpha value is -4.42. The first-order valence-electron chi connectivity index (χ1n) is 12.0. The number of allylic oxidation sites excluding steroid dienone is 1. The van der Waals surface area contributed by atoms with Gasteiger partial charge in [-0.2, -0.15) is 0 Å². The highest BCUT2D eigenvalue weighted by Crippen LogP contribution is 2.55. The van der Waals surface area contributed by atoms with Crippen molar-refractivity contribution in [2.45, 2.75) is 11.5 Å². The zero-order chi connectivity index (χ0) is 25.8. The summed E-state index contributed by atoms with van der Waals surface area (Å²) >= 11 is 0. The van der Waals surface area contributed by atoms with E-state index in [1.807, 2.05) is 36.4 Å². The minimum absolute atomic E-state index is 0.334. The summed E-state index contributed by atoms with van der Waals surface area (Å²) in [7, 11) is 1.27. The van der Waals surface area contributed by atoms with Crippen LogP contribution in [0.3, 0.4) is 0 Å². The number of hydrogen-bond donors (Lipinski definition) is 1. The van der Waals surface area contributed by atoms with Gasteiger partial charge in [0.1, 0.15) is 28.9 Å². The van der Waals surface area contributed by atoms with E-state index in [0.29, 0.717) is 22.6 Å². The van der Waals surface area contributed by atoms with Crippen LogP contribution in [0.15, 0.2) is 120 Å². The van der Waals surface area contributed by atoms with E-state index in [2.05, 4.69) is 0 Å². The third kappa shape index (κ3) is 4.47. The largest absolute Gasteiger partial charge is 0.469 e. The minimum Gasteiger partial charge on any atom is -0.469 e. The van der Waals surface area contributed by atoms with E-state index in [1.54, 1.807) is 72.8 Å². The Bertz CT molecular complexity index is 1380. The maximum atomic E-state index is 13.8. The van der Waals surface area contributed by atoms with Crippen molar-refractivity contribution < 1.29 is 28.6 Å². The van der Waals surface area contributed by atoms with Crippen LogP contribution in [0.5, 0.6) is 5.75 Å². The van der Waals surface area contributed by atoms with Crippen molar-refractivity contribution in [2.24, 2.45) is 11.8 Å². The summed E-state index contributed by atoms with van der Waals surface area (Å²) in [5.74, 6) is -3.77. The quantitative estimate of drug-likeness (QED) is 0.287. The number of methoxy groups -OCH3 is 1. The first-order valence-corrected chi connectivity index (χ1v) is 12.0. The molecular formula is C31H26O6. The van der Waals surface area contributed by atoms with Gasteiger partial charge in [0, 0.05) is 0 Å². The summed E-state index contributed by atoms with van der Waals surface area (Å²) in [4.78, 5) is 27.3. The fourth-order valence-corrected chi connectivity index (χ4v) is 5.15. The molecular weight excluding hydrogens is 468 g/mol. The lowest BCUT2D eigenvalue weighted by molar-refractivity contribution is -0.169. The molecule has 1 aliphatic carbocycles. The van der Waals surface area contributed by atoms with Gasteiger partial charge in [-0.25, -0.2) is 0 Å². The maximum absolute atomic E-state index is 13.8. The van der Waals surface area contributed by atoms with Crippen LogP contribution >= 0.6 is 0 Å². The topological polar surface area (TPSA) is 86.0 Å². The molecule has 0 amide bonds. The molecule has 37 heavy (non-hydrogen) atoms. The van der Waals surface area contributed by atoms with E-state index in [1.165, 1.54) is 13.4 Å². The average molecular weight is 495 g/mol. The normalized spacial score (nSPS) is 23.1. The molecule has 0 bridgehead atoms. The van der Waals surface area contributed by atoms with Crippen LogP contribution in [0.25, 0.3) is 5.57 Å². The van der Waals surface area contributed by atoms with Gasteiger partial charge in [0.25, 0.3) is 0 Å². The molecule has 1 aromatic heterocycles. The molecule has 0 radical (unpaired) electrons. The van der Waals surface area contributed by atoms with Gasteiger partial charge in [0.2, 0.25) is 0 Å². The lowest BCUT2D eigenvalue weighted by Crippen LogP contribution is -2.54. The first kappa shape index (κ1) is 24.3. The third-order valence-electron chi connectivity index (χ3n) is 6.83. The lowest BCUT2D eigenvalue weighted by atomic mass is 9.60. The highest BCUT2D eigenvalue weighted by molar-refractivity contribution is 5.90. The van der Waals surface area contributed by atoms with Gasteiger partial charge in [-0.15, -0.1) is 0 Å². The smallest absolute Gasteiger partial charge is 0.321 e. The number of aliphatic hydroxyl groups is 1. The summed E-state index contributed by atoms with van der Waals surface area (Å²) in [5, 5.41) is 12.6. The van der Waals surface area contributed by atoms with Crippen LogP contribution in [0, 0.1) is 11.8 Å². The Kier molecular flexibility index (Phi) is 6.75. The highest BCUT2D eigenvalue weighted by atomic mass is 16.5. The van der Waals surface area contributed by atoms with Crippen molar-refractivity contribution in [3.05, 3.63) is 132 Å². The molecule has 0 aliphatic heterocycles. The molecule has 0 fully saturated rings. The molecule has 5 rings (SSSR count). The van der Waals surface area contributed by atoms with Crippen molar-refractivity contribution in [1.82, 2.24) is 0 Å². The Labute approximate surface area is 214 Å². The monoisotopic (exact) mass is 494 g/mol. The highest BCUT2D eigenvalue weighted by Gasteiger charge is 2.59. The summed E-state index contributed by atoms with van der Waals surface area (Å²) < 4.78 is 16.8. The molecule has 0 unspecified atom stereocenters. The maximum Gasteiger partial charge on any atom is 0.321 e. The van der Waals surface area contributed by atoms with Gasteiger partial charge >= 0.3 is 11.9 Å². The number of rotatable bonds is 6. The molecule has 4 aromatic rings. The standard InChI is InChI=1S/C31H26O6/c1-35-30(33)28-27(26-18-11-19-36-26)24(21-12-5-2-6-13-21)20-25(29(32)37-23-16-9-4-10-17-23)31(28,34)22-14-7-3-8-15-22/h2-20,25,27-28,34H,1H3/t25-,27+,28-,31-/m1/s1. The zero-order valence-corrected chi connectivity index (χ0v) is 20.2. The molecule has 1 N–H and O–H groups in total. The minimum atomic E-state index is -2.00. The van der Waals surface area contributed by atoms with Gasteiger partial charge in [-0.1, -0.05) is 84.9 Å². The van der Waals surface area contributed by atoms with Gasteiger partial charge in [0.05, 0.1) is 19.3 Å². The number of para-hydroxylation sites is 1.